The molecule has 0 heterocycles. The van der Waals surface area contributed by atoms with Gasteiger partial charge in [0.1, 0.15) is 17.1 Å². The first-order valence-electron chi connectivity index (χ1n) is 8.78. The van der Waals surface area contributed by atoms with E-state index < -0.39 is 5.97 Å². The lowest BCUT2D eigenvalue weighted by Crippen LogP contribution is -2.12. The van der Waals surface area contributed by atoms with Crippen LogP contribution in [0.15, 0.2) is 71.2 Å². The average Bonchev–Trinajstić information content (AvgIpc) is 2.66. The summed E-state index contributed by atoms with van der Waals surface area (Å²) in [5.74, 6) is 0.607. The standard InChI is InChI=1S/C23H21BrO3/c1-16-8-10-20(14-17(16)2)27-23(25)21-15-19(24)9-11-22(21)26-13-12-18-6-4-3-5-7-18/h3-11,14-15H,12-13H2,1-2H3. The van der Waals surface area contributed by atoms with Crippen LogP contribution in [0.4, 0.5) is 0 Å². The van der Waals surface area contributed by atoms with Crippen molar-refractivity contribution in [2.24, 2.45) is 0 Å². The van der Waals surface area contributed by atoms with Crippen LogP contribution in [0.2, 0.25) is 0 Å². The van der Waals surface area contributed by atoms with Crippen LogP contribution in [0.1, 0.15) is 27.0 Å². The molecule has 138 valence electrons. The number of esters is 1. The molecule has 27 heavy (non-hydrogen) atoms. The Hall–Kier alpha value is -2.59. The molecule has 0 atom stereocenters. The number of hydrogen-bond acceptors (Lipinski definition) is 3. The molecule has 0 N–H and O–H groups in total. The molecule has 0 bridgehead atoms. The summed E-state index contributed by atoms with van der Waals surface area (Å²) >= 11 is 3.41. The van der Waals surface area contributed by atoms with E-state index in [-0.39, 0.29) is 0 Å². The van der Waals surface area contributed by atoms with Crippen LogP contribution in [0, 0.1) is 13.8 Å². The fourth-order valence-corrected chi connectivity index (χ4v) is 3.01. The molecular weight excluding hydrogens is 404 g/mol. The maximum absolute atomic E-state index is 12.7. The second-order valence-electron chi connectivity index (χ2n) is 6.36. The van der Waals surface area contributed by atoms with Crippen LogP contribution in [0.3, 0.4) is 0 Å². The van der Waals surface area contributed by atoms with Crippen LogP contribution < -0.4 is 9.47 Å². The number of rotatable bonds is 6. The van der Waals surface area contributed by atoms with E-state index in [1.54, 1.807) is 18.2 Å². The lowest BCUT2D eigenvalue weighted by Gasteiger charge is -2.12. The van der Waals surface area contributed by atoms with Gasteiger partial charge in [0.15, 0.2) is 0 Å². The maximum atomic E-state index is 12.7. The Morgan fingerprint density at radius 2 is 1.70 bits per heavy atom. The Labute approximate surface area is 168 Å². The zero-order chi connectivity index (χ0) is 19.2. The first-order chi connectivity index (χ1) is 13.0. The van der Waals surface area contributed by atoms with Crippen LogP contribution in [-0.2, 0) is 6.42 Å². The van der Waals surface area contributed by atoms with Crippen molar-refractivity contribution in [2.75, 3.05) is 6.61 Å². The first kappa shape index (κ1) is 19.2. The van der Waals surface area contributed by atoms with Crippen LogP contribution >= 0.6 is 15.9 Å². The quantitative estimate of drug-likeness (QED) is 0.364. The summed E-state index contributed by atoms with van der Waals surface area (Å²) in [7, 11) is 0. The summed E-state index contributed by atoms with van der Waals surface area (Å²) in [6.07, 6.45) is 0.766. The third-order valence-electron chi connectivity index (χ3n) is 4.34. The number of aryl methyl sites for hydroxylation is 2. The van der Waals surface area contributed by atoms with Gasteiger partial charge in [0, 0.05) is 10.9 Å². The summed E-state index contributed by atoms with van der Waals surface area (Å²) in [5.41, 5.74) is 3.82. The highest BCUT2D eigenvalue weighted by Crippen LogP contribution is 2.26. The largest absolute Gasteiger partial charge is 0.492 e. The summed E-state index contributed by atoms with van der Waals surface area (Å²) in [6.45, 7) is 4.49. The predicted molar refractivity (Wildman–Crippen MR) is 111 cm³/mol. The molecule has 3 aromatic rings. The highest BCUT2D eigenvalue weighted by molar-refractivity contribution is 9.10. The summed E-state index contributed by atoms with van der Waals surface area (Å²) in [6, 6.07) is 21.1. The molecular formula is C23H21BrO3. The Morgan fingerprint density at radius 1 is 0.926 bits per heavy atom. The van der Waals surface area contributed by atoms with Crippen molar-refractivity contribution >= 4 is 21.9 Å². The highest BCUT2D eigenvalue weighted by atomic mass is 79.9. The van der Waals surface area contributed by atoms with Gasteiger partial charge in [-0.05, 0) is 60.9 Å². The van der Waals surface area contributed by atoms with Crippen molar-refractivity contribution < 1.29 is 14.3 Å². The minimum absolute atomic E-state index is 0.399. The third kappa shape index (κ3) is 5.20. The van der Waals surface area contributed by atoms with Crippen molar-refractivity contribution in [3.63, 3.8) is 0 Å². The SMILES string of the molecule is Cc1ccc(OC(=O)c2cc(Br)ccc2OCCc2ccccc2)cc1C. The normalized spacial score (nSPS) is 10.5. The fraction of sp³-hybridized carbons (Fsp3) is 0.174. The molecule has 3 aromatic carbocycles. The van der Waals surface area contributed by atoms with Gasteiger partial charge in [0.05, 0.1) is 6.61 Å². The number of hydrogen-bond donors (Lipinski definition) is 0. The van der Waals surface area contributed by atoms with E-state index in [0.717, 1.165) is 22.0 Å². The van der Waals surface area contributed by atoms with Crippen molar-refractivity contribution in [3.05, 3.63) is 93.5 Å². The Bertz CT molecular complexity index is 936. The Kier molecular flexibility index (Phi) is 6.30. The summed E-state index contributed by atoms with van der Waals surface area (Å²) in [4.78, 5) is 12.7. The number of carbonyl (C=O) groups is 1. The highest BCUT2D eigenvalue weighted by Gasteiger charge is 2.16. The van der Waals surface area contributed by atoms with E-state index in [9.17, 15) is 4.79 Å². The van der Waals surface area contributed by atoms with Gasteiger partial charge >= 0.3 is 5.97 Å². The van der Waals surface area contributed by atoms with Crippen molar-refractivity contribution in [3.8, 4) is 11.5 Å². The van der Waals surface area contributed by atoms with E-state index >= 15 is 0 Å². The van der Waals surface area contributed by atoms with Crippen LogP contribution in [0.5, 0.6) is 11.5 Å². The Morgan fingerprint density at radius 3 is 2.44 bits per heavy atom. The average molecular weight is 425 g/mol. The van der Waals surface area contributed by atoms with Gasteiger partial charge in [0.2, 0.25) is 0 Å². The molecule has 4 heteroatoms. The number of halogens is 1. The number of ether oxygens (including phenoxy) is 2. The molecule has 0 radical (unpaired) electrons. The van der Waals surface area contributed by atoms with Gasteiger partial charge in [-0.15, -0.1) is 0 Å². The first-order valence-corrected chi connectivity index (χ1v) is 9.58. The maximum Gasteiger partial charge on any atom is 0.347 e. The van der Waals surface area contributed by atoms with Gasteiger partial charge in [-0.3, -0.25) is 0 Å². The van der Waals surface area contributed by atoms with E-state index in [0.29, 0.717) is 23.7 Å². The molecule has 0 saturated carbocycles. The van der Waals surface area contributed by atoms with Gasteiger partial charge < -0.3 is 9.47 Å². The van der Waals surface area contributed by atoms with E-state index in [1.807, 2.05) is 50.2 Å². The minimum atomic E-state index is -0.436. The summed E-state index contributed by atoms with van der Waals surface area (Å²) < 4.78 is 12.2. The molecule has 0 aliphatic rings. The van der Waals surface area contributed by atoms with Gasteiger partial charge in [-0.25, -0.2) is 4.79 Å². The van der Waals surface area contributed by atoms with Crippen molar-refractivity contribution in [2.45, 2.75) is 20.3 Å². The van der Waals surface area contributed by atoms with Crippen LogP contribution in [0.25, 0.3) is 0 Å². The van der Waals surface area contributed by atoms with Crippen molar-refractivity contribution in [1.82, 2.24) is 0 Å². The molecule has 0 aromatic heterocycles. The molecule has 3 nitrogen and oxygen atoms in total. The van der Waals surface area contributed by atoms with E-state index in [2.05, 4.69) is 28.1 Å². The molecule has 0 aliphatic heterocycles. The summed E-state index contributed by atoms with van der Waals surface area (Å²) in [5, 5.41) is 0. The van der Waals surface area contributed by atoms with E-state index in [4.69, 9.17) is 9.47 Å². The number of carbonyl (C=O) groups excluding carboxylic acids is 1. The van der Waals surface area contributed by atoms with Gasteiger partial charge in [0.25, 0.3) is 0 Å². The zero-order valence-electron chi connectivity index (χ0n) is 15.4. The second-order valence-corrected chi connectivity index (χ2v) is 7.28. The lowest BCUT2D eigenvalue weighted by atomic mass is 10.1. The molecule has 0 amide bonds. The van der Waals surface area contributed by atoms with Gasteiger partial charge in [-0.1, -0.05) is 52.3 Å². The minimum Gasteiger partial charge on any atom is -0.492 e. The van der Waals surface area contributed by atoms with Crippen LogP contribution in [-0.4, -0.2) is 12.6 Å². The zero-order valence-corrected chi connectivity index (χ0v) is 17.0. The number of benzene rings is 3. The Balaban J connectivity index is 1.72. The third-order valence-corrected chi connectivity index (χ3v) is 4.83. The smallest absolute Gasteiger partial charge is 0.347 e. The van der Waals surface area contributed by atoms with Crippen molar-refractivity contribution in [1.29, 1.82) is 0 Å². The molecule has 0 fully saturated rings. The molecule has 0 unspecified atom stereocenters. The second kappa shape index (κ2) is 8.87. The fourth-order valence-electron chi connectivity index (χ4n) is 2.65. The topological polar surface area (TPSA) is 35.5 Å². The predicted octanol–water partition coefficient (Wildman–Crippen LogP) is 5.91. The molecule has 3 rings (SSSR count). The van der Waals surface area contributed by atoms with E-state index in [1.165, 1.54) is 5.56 Å². The molecule has 0 aliphatic carbocycles. The molecule has 0 saturated heterocycles. The monoisotopic (exact) mass is 424 g/mol. The van der Waals surface area contributed by atoms with Gasteiger partial charge in [-0.2, -0.15) is 0 Å². The lowest BCUT2D eigenvalue weighted by molar-refractivity contribution is 0.0730. The molecule has 0 spiro atoms.